The molecule has 2 aromatic carbocycles. The summed E-state index contributed by atoms with van der Waals surface area (Å²) in [5, 5.41) is 8.12. The summed E-state index contributed by atoms with van der Waals surface area (Å²) in [6, 6.07) is 15.2. The van der Waals surface area contributed by atoms with Crippen molar-refractivity contribution in [3.63, 3.8) is 0 Å². The summed E-state index contributed by atoms with van der Waals surface area (Å²) < 4.78 is 43.4. The molecule has 2 heterocycles. The zero-order valence-corrected chi connectivity index (χ0v) is 14.7. The highest BCUT2D eigenvalue weighted by molar-refractivity contribution is 5.99. The number of aromatic nitrogens is 3. The number of halogens is 3. The second-order valence-corrected chi connectivity index (χ2v) is 6.28. The van der Waals surface area contributed by atoms with Gasteiger partial charge in [-0.15, -0.1) is 10.2 Å². The molecule has 0 saturated carbocycles. The van der Waals surface area contributed by atoms with Gasteiger partial charge in [-0.05, 0) is 22.9 Å². The number of hydrogen-bond donors (Lipinski definition) is 0. The van der Waals surface area contributed by atoms with Crippen LogP contribution >= 0.6 is 0 Å². The maximum absolute atomic E-state index is 12.6. The van der Waals surface area contributed by atoms with Gasteiger partial charge in [0.2, 0.25) is 5.89 Å². The number of alkyl halides is 3. The Morgan fingerprint density at radius 2 is 1.76 bits per heavy atom. The minimum atomic E-state index is -4.77. The number of nitrogens with zero attached hydrogens (tertiary/aromatic N) is 3. The van der Waals surface area contributed by atoms with Crippen LogP contribution in [-0.2, 0) is 12.7 Å². The average molecular weight is 399 g/mol. The van der Waals surface area contributed by atoms with Gasteiger partial charge in [0.1, 0.15) is 0 Å². The van der Waals surface area contributed by atoms with Crippen molar-refractivity contribution in [3.8, 4) is 11.5 Å². The first kappa shape index (κ1) is 18.6. The third-order valence-electron chi connectivity index (χ3n) is 4.30. The van der Waals surface area contributed by atoms with Crippen molar-refractivity contribution in [2.24, 2.45) is 0 Å². The largest absolute Gasteiger partial charge is 0.470 e. The van der Waals surface area contributed by atoms with E-state index in [0.29, 0.717) is 5.56 Å². The molecule has 29 heavy (non-hydrogen) atoms. The SMILES string of the molecule is O=C(Cn1ccc(-c2nnc(C(F)(F)F)o2)cc1=O)c1ccc2ccccc2c1. The number of fused-ring (bicyclic) bond motifs is 1. The molecular formula is C20H12F3N3O3. The topological polar surface area (TPSA) is 78.0 Å². The van der Waals surface area contributed by atoms with Gasteiger partial charge in [0.15, 0.2) is 5.78 Å². The molecule has 4 aromatic rings. The molecule has 2 aromatic heterocycles. The molecule has 0 aliphatic rings. The number of Topliss-reactive ketones (excluding diaryl/α,β-unsaturated/α-hetero) is 1. The molecule has 0 aliphatic carbocycles. The highest BCUT2D eigenvalue weighted by Crippen LogP contribution is 2.29. The van der Waals surface area contributed by atoms with Crippen LogP contribution in [0, 0.1) is 0 Å². The van der Waals surface area contributed by atoms with E-state index in [2.05, 4.69) is 14.6 Å². The monoisotopic (exact) mass is 399 g/mol. The first-order valence-electron chi connectivity index (χ1n) is 8.45. The fourth-order valence-electron chi connectivity index (χ4n) is 2.83. The van der Waals surface area contributed by atoms with E-state index >= 15 is 0 Å². The van der Waals surface area contributed by atoms with Crippen LogP contribution in [0.25, 0.3) is 22.2 Å². The summed E-state index contributed by atoms with van der Waals surface area (Å²) >= 11 is 0. The van der Waals surface area contributed by atoms with Crippen LogP contribution < -0.4 is 5.56 Å². The van der Waals surface area contributed by atoms with Crippen molar-refractivity contribution in [1.82, 2.24) is 14.8 Å². The van der Waals surface area contributed by atoms with Gasteiger partial charge in [-0.25, -0.2) is 0 Å². The predicted octanol–water partition coefficient (Wildman–Crippen LogP) is 3.95. The smallest absolute Gasteiger partial charge is 0.413 e. The molecule has 0 spiro atoms. The molecular weight excluding hydrogens is 387 g/mol. The minimum absolute atomic E-state index is 0.0346. The summed E-state index contributed by atoms with van der Waals surface area (Å²) in [7, 11) is 0. The van der Waals surface area contributed by atoms with Gasteiger partial charge < -0.3 is 8.98 Å². The summed E-state index contributed by atoms with van der Waals surface area (Å²) in [6.07, 6.45) is -3.47. The van der Waals surface area contributed by atoms with Gasteiger partial charge in [0.05, 0.1) is 6.54 Å². The van der Waals surface area contributed by atoms with Gasteiger partial charge in [-0.3, -0.25) is 9.59 Å². The standard InChI is InChI=1S/C20H12F3N3O3/c21-20(22,23)19-25-24-18(29-19)15-7-8-26(17(28)10-15)11-16(27)14-6-5-12-3-1-2-4-13(12)9-14/h1-10H,11H2. The lowest BCUT2D eigenvalue weighted by molar-refractivity contribution is -0.156. The first-order chi connectivity index (χ1) is 13.8. The zero-order chi connectivity index (χ0) is 20.6. The highest BCUT2D eigenvalue weighted by atomic mass is 19.4. The summed E-state index contributed by atoms with van der Waals surface area (Å²) in [4.78, 5) is 24.8. The maximum atomic E-state index is 12.6. The van der Waals surface area contributed by atoms with Crippen LogP contribution in [0.3, 0.4) is 0 Å². The van der Waals surface area contributed by atoms with Crippen molar-refractivity contribution < 1.29 is 22.4 Å². The quantitative estimate of drug-likeness (QED) is 0.486. The van der Waals surface area contributed by atoms with Crippen molar-refractivity contribution in [2.45, 2.75) is 12.7 Å². The Kier molecular flexibility index (Phi) is 4.50. The molecule has 9 heteroatoms. The molecule has 0 radical (unpaired) electrons. The second-order valence-electron chi connectivity index (χ2n) is 6.28. The zero-order valence-electron chi connectivity index (χ0n) is 14.7. The van der Waals surface area contributed by atoms with Crippen LogP contribution in [0.15, 0.2) is 70.0 Å². The number of carbonyl (C=O) groups excluding carboxylic acids is 1. The molecule has 0 amide bonds. The van der Waals surface area contributed by atoms with Crippen molar-refractivity contribution in [3.05, 3.63) is 82.6 Å². The molecule has 0 N–H and O–H groups in total. The molecule has 0 fully saturated rings. The fraction of sp³-hybridized carbons (Fsp3) is 0.100. The number of rotatable bonds is 4. The molecule has 0 atom stereocenters. The summed E-state index contributed by atoms with van der Waals surface area (Å²) in [6.45, 7) is -0.213. The van der Waals surface area contributed by atoms with E-state index < -0.39 is 23.5 Å². The average Bonchev–Trinajstić information content (AvgIpc) is 3.20. The van der Waals surface area contributed by atoms with Gasteiger partial charge in [0, 0.05) is 23.4 Å². The van der Waals surface area contributed by atoms with E-state index in [9.17, 15) is 22.8 Å². The lowest BCUT2D eigenvalue weighted by atomic mass is 10.0. The Morgan fingerprint density at radius 3 is 2.45 bits per heavy atom. The molecule has 0 bridgehead atoms. The van der Waals surface area contributed by atoms with Crippen LogP contribution in [0.4, 0.5) is 13.2 Å². The molecule has 0 aliphatic heterocycles. The highest BCUT2D eigenvalue weighted by Gasteiger charge is 2.38. The number of carbonyl (C=O) groups is 1. The number of hydrogen-bond acceptors (Lipinski definition) is 5. The second kappa shape index (κ2) is 7.01. The lowest BCUT2D eigenvalue weighted by Gasteiger charge is -2.07. The van der Waals surface area contributed by atoms with Crippen LogP contribution in [0.1, 0.15) is 16.2 Å². The molecule has 0 unspecified atom stereocenters. The van der Waals surface area contributed by atoms with E-state index in [-0.39, 0.29) is 17.9 Å². The van der Waals surface area contributed by atoms with Gasteiger partial charge in [-0.1, -0.05) is 36.4 Å². The Morgan fingerprint density at radius 1 is 1.00 bits per heavy atom. The molecule has 4 rings (SSSR count). The third-order valence-corrected chi connectivity index (χ3v) is 4.30. The number of pyridine rings is 1. The maximum Gasteiger partial charge on any atom is 0.470 e. The Balaban J connectivity index is 1.57. The molecule has 146 valence electrons. The van der Waals surface area contributed by atoms with Crippen molar-refractivity contribution in [2.75, 3.05) is 0 Å². The summed E-state index contributed by atoms with van der Waals surface area (Å²) in [5.74, 6) is -2.20. The Labute approximate surface area is 161 Å². The van der Waals surface area contributed by atoms with Gasteiger partial charge in [-0.2, -0.15) is 13.2 Å². The van der Waals surface area contributed by atoms with Crippen LogP contribution in [0.5, 0.6) is 0 Å². The number of ketones is 1. The molecule has 6 nitrogen and oxygen atoms in total. The van der Waals surface area contributed by atoms with E-state index in [1.54, 1.807) is 12.1 Å². The van der Waals surface area contributed by atoms with E-state index in [1.165, 1.54) is 12.3 Å². The predicted molar refractivity (Wildman–Crippen MR) is 97.3 cm³/mol. The normalized spacial score (nSPS) is 11.7. The third kappa shape index (κ3) is 3.79. The van der Waals surface area contributed by atoms with E-state index in [0.717, 1.165) is 21.4 Å². The van der Waals surface area contributed by atoms with Crippen molar-refractivity contribution in [1.29, 1.82) is 0 Å². The van der Waals surface area contributed by atoms with E-state index in [4.69, 9.17) is 0 Å². The van der Waals surface area contributed by atoms with Gasteiger partial charge in [0.25, 0.3) is 5.56 Å². The summed E-state index contributed by atoms with van der Waals surface area (Å²) in [5.41, 5.74) is -0.0952. The Bertz CT molecular complexity index is 1270. The van der Waals surface area contributed by atoms with Crippen LogP contribution in [-0.4, -0.2) is 20.5 Å². The number of benzene rings is 2. The first-order valence-corrected chi connectivity index (χ1v) is 8.45. The lowest BCUT2D eigenvalue weighted by Crippen LogP contribution is -2.23. The van der Waals surface area contributed by atoms with Gasteiger partial charge >= 0.3 is 12.1 Å². The molecule has 0 saturated heterocycles. The minimum Gasteiger partial charge on any atom is -0.413 e. The van der Waals surface area contributed by atoms with Crippen molar-refractivity contribution >= 4 is 16.6 Å². The van der Waals surface area contributed by atoms with Crippen LogP contribution in [0.2, 0.25) is 0 Å². The fourth-order valence-corrected chi connectivity index (χ4v) is 2.83. The Hall–Kier alpha value is -3.75. The van der Waals surface area contributed by atoms with E-state index in [1.807, 2.05) is 30.3 Å².